The number of nitrogens with zero attached hydrogens (tertiary/aromatic N) is 1. The normalized spacial score (nSPS) is 21.9. The van der Waals surface area contributed by atoms with Crippen molar-refractivity contribution in [1.29, 1.82) is 0 Å². The van der Waals surface area contributed by atoms with E-state index in [4.69, 9.17) is 18.9 Å². The second-order valence-corrected chi connectivity index (χ2v) is 7.35. The van der Waals surface area contributed by atoms with Crippen LogP contribution in [0, 0.1) is 0 Å². The van der Waals surface area contributed by atoms with E-state index in [1.165, 1.54) is 0 Å². The lowest BCUT2D eigenvalue weighted by Gasteiger charge is -2.46. The first kappa shape index (κ1) is 20.0. The van der Waals surface area contributed by atoms with Gasteiger partial charge < -0.3 is 23.8 Å². The van der Waals surface area contributed by atoms with Crippen LogP contribution in [0.25, 0.3) is 0 Å². The number of carbonyl (C=O) groups excluding carboxylic acids is 1. The van der Waals surface area contributed by atoms with Gasteiger partial charge in [0.15, 0.2) is 11.5 Å². The van der Waals surface area contributed by atoms with Gasteiger partial charge in [-0.3, -0.25) is 4.79 Å². The Morgan fingerprint density at radius 1 is 1.22 bits per heavy atom. The first-order valence-corrected chi connectivity index (χ1v) is 9.83. The maximum Gasteiger partial charge on any atom is 0.226 e. The van der Waals surface area contributed by atoms with Crippen LogP contribution >= 0.6 is 0 Å². The Morgan fingerprint density at radius 3 is 2.63 bits per heavy atom. The molecule has 2 saturated heterocycles. The number of methoxy groups -OCH3 is 2. The van der Waals surface area contributed by atoms with Gasteiger partial charge in [-0.15, -0.1) is 0 Å². The zero-order valence-electron chi connectivity index (χ0n) is 16.7. The maximum atomic E-state index is 12.7. The molecule has 2 aliphatic heterocycles. The molecule has 2 fully saturated rings. The average molecular weight is 377 g/mol. The third kappa shape index (κ3) is 4.74. The van der Waals surface area contributed by atoms with Crippen molar-refractivity contribution in [3.63, 3.8) is 0 Å². The predicted molar refractivity (Wildman–Crippen MR) is 102 cm³/mol. The van der Waals surface area contributed by atoms with E-state index in [1.54, 1.807) is 14.2 Å². The van der Waals surface area contributed by atoms with Gasteiger partial charge in [0.1, 0.15) is 0 Å². The number of ether oxygens (including phenoxy) is 4. The van der Waals surface area contributed by atoms with Gasteiger partial charge in [-0.25, -0.2) is 0 Å². The minimum atomic E-state index is -0.113. The first-order valence-electron chi connectivity index (χ1n) is 9.83. The van der Waals surface area contributed by atoms with Crippen LogP contribution in [0.1, 0.15) is 38.2 Å². The highest BCUT2D eigenvalue weighted by Gasteiger charge is 2.41. The molecule has 2 heterocycles. The summed E-state index contributed by atoms with van der Waals surface area (Å²) in [7, 11) is 3.21. The van der Waals surface area contributed by atoms with Crippen molar-refractivity contribution >= 4 is 5.91 Å². The highest BCUT2D eigenvalue weighted by Crippen LogP contribution is 2.36. The Bertz CT molecular complexity index is 637. The summed E-state index contributed by atoms with van der Waals surface area (Å²) in [4.78, 5) is 14.7. The molecule has 6 nitrogen and oxygen atoms in total. The van der Waals surface area contributed by atoms with Crippen LogP contribution in [-0.4, -0.2) is 63.0 Å². The van der Waals surface area contributed by atoms with Gasteiger partial charge in [0.05, 0.1) is 32.3 Å². The third-order valence-electron chi connectivity index (χ3n) is 5.68. The molecule has 3 rings (SSSR count). The highest BCUT2D eigenvalue weighted by molar-refractivity contribution is 5.79. The fourth-order valence-electron chi connectivity index (χ4n) is 4.15. The molecule has 1 aromatic rings. The summed E-state index contributed by atoms with van der Waals surface area (Å²) in [5.74, 6) is 1.47. The summed E-state index contributed by atoms with van der Waals surface area (Å²) in [5, 5.41) is 0. The van der Waals surface area contributed by atoms with Gasteiger partial charge in [0.2, 0.25) is 5.91 Å². The van der Waals surface area contributed by atoms with Crippen LogP contribution < -0.4 is 9.47 Å². The Hall–Kier alpha value is -1.79. The number of benzene rings is 1. The van der Waals surface area contributed by atoms with Crippen LogP contribution in [0.4, 0.5) is 0 Å². The van der Waals surface area contributed by atoms with E-state index in [9.17, 15) is 4.79 Å². The van der Waals surface area contributed by atoms with Gasteiger partial charge >= 0.3 is 0 Å². The number of carbonyl (C=O) groups is 1. The topological polar surface area (TPSA) is 57.2 Å². The van der Waals surface area contributed by atoms with Crippen LogP contribution in [0.3, 0.4) is 0 Å². The van der Waals surface area contributed by atoms with E-state index >= 15 is 0 Å². The lowest BCUT2D eigenvalue weighted by Crippen LogP contribution is -2.52. The van der Waals surface area contributed by atoms with Crippen molar-refractivity contribution in [2.75, 3.05) is 40.5 Å². The van der Waals surface area contributed by atoms with E-state index < -0.39 is 0 Å². The van der Waals surface area contributed by atoms with Crippen LogP contribution in [0.2, 0.25) is 0 Å². The molecule has 0 N–H and O–H groups in total. The minimum Gasteiger partial charge on any atom is -0.493 e. The molecule has 6 heteroatoms. The number of likely N-dealkylation sites (tertiary alicyclic amines) is 1. The summed E-state index contributed by atoms with van der Waals surface area (Å²) >= 11 is 0. The van der Waals surface area contributed by atoms with Gasteiger partial charge in [0.25, 0.3) is 0 Å². The van der Waals surface area contributed by atoms with E-state index in [0.717, 1.165) is 57.6 Å². The Balaban J connectivity index is 1.56. The van der Waals surface area contributed by atoms with Gasteiger partial charge in [0, 0.05) is 32.7 Å². The standard InChI is InChI=1S/C21H31NO5/c1-4-26-17-7-12-27-21(15-17)8-10-22(11-9-21)20(23)14-16-5-6-18(24-2)19(13-16)25-3/h5-6,13,17H,4,7-12,14-15H2,1-3H3. The largest absolute Gasteiger partial charge is 0.493 e. The smallest absolute Gasteiger partial charge is 0.226 e. The van der Waals surface area contributed by atoms with Crippen molar-refractivity contribution in [1.82, 2.24) is 4.90 Å². The predicted octanol–water partition coefficient (Wildman–Crippen LogP) is 2.82. The minimum absolute atomic E-state index is 0.113. The molecule has 1 unspecified atom stereocenters. The first-order chi connectivity index (χ1) is 13.1. The monoisotopic (exact) mass is 377 g/mol. The molecule has 1 aromatic carbocycles. The van der Waals surface area contributed by atoms with Crippen molar-refractivity contribution in [2.45, 2.75) is 50.7 Å². The summed E-state index contributed by atoms with van der Waals surface area (Å²) in [6.45, 7) is 5.02. The van der Waals surface area contributed by atoms with Gasteiger partial charge in [-0.2, -0.15) is 0 Å². The summed E-state index contributed by atoms with van der Waals surface area (Å²) in [6, 6.07) is 5.64. The Morgan fingerprint density at radius 2 is 1.96 bits per heavy atom. The molecule has 2 aliphatic rings. The van der Waals surface area contributed by atoms with Crippen LogP contribution in [-0.2, 0) is 20.7 Å². The molecule has 0 bridgehead atoms. The van der Waals surface area contributed by atoms with Gasteiger partial charge in [-0.1, -0.05) is 6.07 Å². The van der Waals surface area contributed by atoms with Crippen molar-refractivity contribution in [3.8, 4) is 11.5 Å². The van der Waals surface area contributed by atoms with Crippen molar-refractivity contribution < 1.29 is 23.7 Å². The summed E-state index contributed by atoms with van der Waals surface area (Å²) in [5.41, 5.74) is 0.821. The Labute approximate surface area is 161 Å². The Kier molecular flexibility index (Phi) is 6.60. The molecule has 27 heavy (non-hydrogen) atoms. The second kappa shape index (κ2) is 8.93. The van der Waals surface area contributed by atoms with E-state index in [1.807, 2.05) is 30.0 Å². The van der Waals surface area contributed by atoms with E-state index in [2.05, 4.69) is 0 Å². The molecular formula is C21H31NO5. The molecule has 0 saturated carbocycles. The second-order valence-electron chi connectivity index (χ2n) is 7.35. The molecular weight excluding hydrogens is 346 g/mol. The number of piperidine rings is 1. The molecule has 150 valence electrons. The lowest BCUT2D eigenvalue weighted by atomic mass is 9.83. The fraction of sp³-hybridized carbons (Fsp3) is 0.667. The third-order valence-corrected chi connectivity index (χ3v) is 5.68. The average Bonchev–Trinajstić information content (AvgIpc) is 2.68. The number of hydrogen-bond donors (Lipinski definition) is 0. The molecule has 1 amide bonds. The van der Waals surface area contributed by atoms with Crippen molar-refractivity contribution in [3.05, 3.63) is 23.8 Å². The lowest BCUT2D eigenvalue weighted by molar-refractivity contribution is -0.160. The highest BCUT2D eigenvalue weighted by atomic mass is 16.5. The van der Waals surface area contributed by atoms with Crippen molar-refractivity contribution in [2.24, 2.45) is 0 Å². The summed E-state index contributed by atoms with van der Waals surface area (Å²) < 4.78 is 22.5. The zero-order valence-corrected chi connectivity index (χ0v) is 16.7. The maximum absolute atomic E-state index is 12.7. The zero-order chi connectivity index (χ0) is 19.3. The quantitative estimate of drug-likeness (QED) is 0.763. The summed E-state index contributed by atoms with van der Waals surface area (Å²) in [6.07, 6.45) is 4.34. The number of hydrogen-bond acceptors (Lipinski definition) is 5. The number of rotatable bonds is 6. The van der Waals surface area contributed by atoms with E-state index in [0.29, 0.717) is 17.9 Å². The van der Waals surface area contributed by atoms with E-state index in [-0.39, 0.29) is 17.6 Å². The fourth-order valence-corrected chi connectivity index (χ4v) is 4.15. The molecule has 0 aromatic heterocycles. The SMILES string of the molecule is CCOC1CCOC2(CCN(C(=O)Cc3ccc(OC)c(OC)c3)CC2)C1. The molecule has 0 aliphatic carbocycles. The van der Waals surface area contributed by atoms with Crippen LogP contribution in [0.5, 0.6) is 11.5 Å². The van der Waals surface area contributed by atoms with Crippen LogP contribution in [0.15, 0.2) is 18.2 Å². The molecule has 0 radical (unpaired) electrons. The van der Waals surface area contributed by atoms with Gasteiger partial charge in [-0.05, 0) is 43.9 Å². The number of amides is 1. The molecule has 1 atom stereocenters. The molecule has 1 spiro atoms.